The lowest BCUT2D eigenvalue weighted by Gasteiger charge is -2.34. The molecule has 1 N–H and O–H groups in total. The lowest BCUT2D eigenvalue weighted by Crippen LogP contribution is -2.48. The molecule has 4 rings (SSSR count). The van der Waals surface area contributed by atoms with E-state index in [0.717, 1.165) is 42.6 Å². The first-order valence-electron chi connectivity index (χ1n) is 10.0. The van der Waals surface area contributed by atoms with Crippen LogP contribution >= 0.6 is 11.3 Å². The van der Waals surface area contributed by atoms with Crippen molar-refractivity contribution in [2.24, 2.45) is 0 Å². The zero-order chi connectivity index (χ0) is 21.8. The number of benzene rings is 2. The van der Waals surface area contributed by atoms with Crippen LogP contribution in [0.25, 0.3) is 11.3 Å². The van der Waals surface area contributed by atoms with E-state index in [1.54, 1.807) is 23.5 Å². The Labute approximate surface area is 184 Å². The van der Waals surface area contributed by atoms with Crippen LogP contribution in [0.15, 0.2) is 53.9 Å². The second-order valence-corrected chi connectivity index (χ2v) is 8.33. The maximum Gasteiger partial charge on any atom is 0.269 e. The largest absolute Gasteiger partial charge is 0.346 e. The molecule has 1 amide bonds. The van der Waals surface area contributed by atoms with Crippen LogP contribution in [0.4, 0.5) is 16.5 Å². The minimum Gasteiger partial charge on any atom is -0.346 e. The predicted octanol–water partition coefficient (Wildman–Crippen LogP) is 3.79. The van der Waals surface area contributed by atoms with Gasteiger partial charge in [-0.05, 0) is 19.1 Å². The van der Waals surface area contributed by atoms with Gasteiger partial charge in [-0.1, -0.05) is 29.8 Å². The van der Waals surface area contributed by atoms with Crippen LogP contribution in [0.3, 0.4) is 0 Å². The number of anilines is 2. The first-order chi connectivity index (χ1) is 15.0. The second kappa shape index (κ2) is 9.23. The van der Waals surface area contributed by atoms with E-state index in [1.165, 1.54) is 17.7 Å². The molecule has 0 atom stereocenters. The number of aromatic nitrogens is 1. The molecule has 8 nitrogen and oxygen atoms in total. The third kappa shape index (κ3) is 5.25. The molecule has 0 unspecified atom stereocenters. The van der Waals surface area contributed by atoms with Crippen molar-refractivity contribution in [3.63, 3.8) is 0 Å². The van der Waals surface area contributed by atoms with E-state index in [4.69, 9.17) is 4.98 Å². The fraction of sp³-hybridized carbons (Fsp3) is 0.273. The Morgan fingerprint density at radius 3 is 2.42 bits per heavy atom. The Hall–Kier alpha value is -3.30. The van der Waals surface area contributed by atoms with Gasteiger partial charge in [0.2, 0.25) is 5.91 Å². The molecule has 2 heterocycles. The van der Waals surface area contributed by atoms with Crippen LogP contribution < -0.4 is 10.2 Å². The minimum absolute atomic E-state index is 0.00171. The average molecular weight is 438 g/mol. The molecular formula is C22H23N5O3S. The van der Waals surface area contributed by atoms with Gasteiger partial charge < -0.3 is 10.2 Å². The molecule has 0 saturated carbocycles. The summed E-state index contributed by atoms with van der Waals surface area (Å²) in [6, 6.07) is 14.2. The van der Waals surface area contributed by atoms with E-state index in [1.807, 2.05) is 0 Å². The summed E-state index contributed by atoms with van der Waals surface area (Å²) in [6.45, 7) is 5.52. The zero-order valence-corrected chi connectivity index (χ0v) is 18.0. The normalized spacial score (nSPS) is 14.4. The molecule has 31 heavy (non-hydrogen) atoms. The molecular weight excluding hydrogens is 414 g/mol. The van der Waals surface area contributed by atoms with Crippen LogP contribution in [0.2, 0.25) is 0 Å². The standard InChI is InChI=1S/C22H23N5O3S/c1-16-2-4-17(5-3-16)20-15-31-22(24-20)26-12-10-25(11-13-26)14-21(28)23-18-6-8-19(9-7-18)27(29)30/h2-9,15H,10-14H2,1H3,(H,23,28). The van der Waals surface area contributed by atoms with E-state index >= 15 is 0 Å². The highest BCUT2D eigenvalue weighted by atomic mass is 32.1. The quantitative estimate of drug-likeness (QED) is 0.466. The van der Waals surface area contributed by atoms with Crippen molar-refractivity contribution in [2.75, 3.05) is 42.9 Å². The molecule has 1 aliphatic rings. The Balaban J connectivity index is 1.27. The average Bonchev–Trinajstić information content (AvgIpc) is 3.25. The number of nitro groups is 1. The Morgan fingerprint density at radius 1 is 1.10 bits per heavy atom. The maximum atomic E-state index is 12.3. The van der Waals surface area contributed by atoms with Crippen molar-refractivity contribution >= 4 is 33.8 Å². The van der Waals surface area contributed by atoms with Crippen LogP contribution in [-0.4, -0.2) is 53.4 Å². The summed E-state index contributed by atoms with van der Waals surface area (Å²) in [5.74, 6) is -0.127. The summed E-state index contributed by atoms with van der Waals surface area (Å²) < 4.78 is 0. The number of aryl methyl sites for hydroxylation is 1. The van der Waals surface area contributed by atoms with Crippen molar-refractivity contribution in [2.45, 2.75) is 6.92 Å². The summed E-state index contributed by atoms with van der Waals surface area (Å²) in [5, 5.41) is 16.6. The molecule has 2 aromatic carbocycles. The van der Waals surface area contributed by atoms with E-state index in [0.29, 0.717) is 5.69 Å². The lowest BCUT2D eigenvalue weighted by molar-refractivity contribution is -0.384. The smallest absolute Gasteiger partial charge is 0.269 e. The highest BCUT2D eigenvalue weighted by molar-refractivity contribution is 7.14. The van der Waals surface area contributed by atoms with Crippen LogP contribution in [0.5, 0.6) is 0 Å². The Kier molecular flexibility index (Phi) is 6.24. The molecule has 9 heteroatoms. The van der Waals surface area contributed by atoms with Gasteiger partial charge in [0, 0.05) is 54.9 Å². The van der Waals surface area contributed by atoms with Gasteiger partial charge >= 0.3 is 0 Å². The van der Waals surface area contributed by atoms with Crippen LogP contribution in [-0.2, 0) is 4.79 Å². The molecule has 0 spiro atoms. The van der Waals surface area contributed by atoms with Crippen molar-refractivity contribution < 1.29 is 9.72 Å². The van der Waals surface area contributed by atoms with Gasteiger partial charge in [-0.25, -0.2) is 4.98 Å². The first-order valence-corrected chi connectivity index (χ1v) is 10.9. The number of rotatable bonds is 6. The molecule has 1 aliphatic heterocycles. The van der Waals surface area contributed by atoms with E-state index in [2.05, 4.69) is 51.7 Å². The van der Waals surface area contributed by atoms with Gasteiger partial charge in [-0.15, -0.1) is 11.3 Å². The van der Waals surface area contributed by atoms with E-state index in [-0.39, 0.29) is 18.1 Å². The molecule has 0 aliphatic carbocycles. The van der Waals surface area contributed by atoms with Crippen molar-refractivity contribution in [1.82, 2.24) is 9.88 Å². The number of carbonyl (C=O) groups excluding carboxylic acids is 1. The van der Waals surface area contributed by atoms with Gasteiger partial charge in [-0.2, -0.15) is 0 Å². The fourth-order valence-corrected chi connectivity index (χ4v) is 4.32. The summed E-state index contributed by atoms with van der Waals surface area (Å²) in [4.78, 5) is 31.7. The van der Waals surface area contributed by atoms with Gasteiger partial charge in [0.1, 0.15) is 0 Å². The Morgan fingerprint density at radius 2 is 1.77 bits per heavy atom. The number of hydrogen-bond acceptors (Lipinski definition) is 7. The molecule has 1 aromatic heterocycles. The highest BCUT2D eigenvalue weighted by Crippen LogP contribution is 2.28. The number of non-ortho nitro benzene ring substituents is 1. The fourth-order valence-electron chi connectivity index (χ4n) is 3.43. The maximum absolute atomic E-state index is 12.3. The summed E-state index contributed by atoms with van der Waals surface area (Å²) in [6.07, 6.45) is 0. The SMILES string of the molecule is Cc1ccc(-c2csc(N3CCN(CC(=O)Nc4ccc([N+](=O)[O-])cc4)CC3)n2)cc1. The Bertz CT molecular complexity index is 1060. The van der Waals surface area contributed by atoms with Gasteiger partial charge in [0.25, 0.3) is 5.69 Å². The van der Waals surface area contributed by atoms with Gasteiger partial charge in [-0.3, -0.25) is 19.8 Å². The third-order valence-electron chi connectivity index (χ3n) is 5.21. The molecule has 1 saturated heterocycles. The lowest BCUT2D eigenvalue weighted by atomic mass is 10.1. The number of nitrogens with zero attached hydrogens (tertiary/aromatic N) is 4. The predicted molar refractivity (Wildman–Crippen MR) is 123 cm³/mol. The third-order valence-corrected chi connectivity index (χ3v) is 6.11. The van der Waals surface area contributed by atoms with E-state index < -0.39 is 4.92 Å². The number of nitro benzene ring substituents is 1. The minimum atomic E-state index is -0.461. The monoisotopic (exact) mass is 437 g/mol. The van der Waals surface area contributed by atoms with Crippen LogP contribution in [0, 0.1) is 17.0 Å². The number of carbonyl (C=O) groups is 1. The van der Waals surface area contributed by atoms with Crippen molar-refractivity contribution in [1.29, 1.82) is 0 Å². The van der Waals surface area contributed by atoms with Gasteiger partial charge in [0.15, 0.2) is 5.13 Å². The highest BCUT2D eigenvalue weighted by Gasteiger charge is 2.21. The number of amides is 1. The van der Waals surface area contributed by atoms with Crippen molar-refractivity contribution in [3.8, 4) is 11.3 Å². The number of thiazole rings is 1. The number of piperazine rings is 1. The summed E-state index contributed by atoms with van der Waals surface area (Å²) in [5.41, 5.74) is 3.90. The molecule has 0 bridgehead atoms. The van der Waals surface area contributed by atoms with Crippen molar-refractivity contribution in [3.05, 3.63) is 69.6 Å². The first kappa shape index (κ1) is 21.0. The summed E-state index contributed by atoms with van der Waals surface area (Å²) >= 11 is 1.64. The van der Waals surface area contributed by atoms with Gasteiger partial charge in [0.05, 0.1) is 17.2 Å². The van der Waals surface area contributed by atoms with Crippen LogP contribution in [0.1, 0.15) is 5.56 Å². The second-order valence-electron chi connectivity index (χ2n) is 7.50. The number of nitrogens with one attached hydrogen (secondary N) is 1. The number of hydrogen-bond donors (Lipinski definition) is 1. The molecule has 1 fully saturated rings. The molecule has 160 valence electrons. The zero-order valence-electron chi connectivity index (χ0n) is 17.2. The molecule has 3 aromatic rings. The van der Waals surface area contributed by atoms with E-state index in [9.17, 15) is 14.9 Å². The molecule has 0 radical (unpaired) electrons. The topological polar surface area (TPSA) is 91.6 Å². The summed E-state index contributed by atoms with van der Waals surface area (Å²) in [7, 11) is 0.